The third-order valence-corrected chi connectivity index (χ3v) is 5.85. The molecule has 0 bridgehead atoms. The van der Waals surface area contributed by atoms with E-state index >= 15 is 0 Å². The van der Waals surface area contributed by atoms with E-state index in [2.05, 4.69) is 15.9 Å². The van der Waals surface area contributed by atoms with Crippen LogP contribution in [-0.4, -0.2) is 26.7 Å². The van der Waals surface area contributed by atoms with E-state index in [1.54, 1.807) is 31.2 Å². The molecule has 1 atom stereocenters. The lowest BCUT2D eigenvalue weighted by Crippen LogP contribution is -2.27. The second-order valence-corrected chi connectivity index (χ2v) is 9.43. The molecule has 0 aliphatic heterocycles. The van der Waals surface area contributed by atoms with Crippen LogP contribution in [0.3, 0.4) is 0 Å². The topological polar surface area (TPSA) is 79.5 Å². The zero-order chi connectivity index (χ0) is 21.7. The van der Waals surface area contributed by atoms with Crippen molar-refractivity contribution in [2.24, 2.45) is 5.41 Å². The molecule has 0 fully saturated rings. The molecule has 0 saturated heterocycles. The summed E-state index contributed by atoms with van der Waals surface area (Å²) in [5.41, 5.74) is 1.30. The van der Waals surface area contributed by atoms with Crippen molar-refractivity contribution in [1.82, 2.24) is 4.57 Å². The van der Waals surface area contributed by atoms with E-state index in [1.807, 2.05) is 20.8 Å². The number of carboxylic acid groups (broad SMARTS) is 1. The maximum absolute atomic E-state index is 13.3. The summed E-state index contributed by atoms with van der Waals surface area (Å²) < 4.78 is 2.32. The number of aromatic hydroxyl groups is 1. The van der Waals surface area contributed by atoms with E-state index in [1.165, 1.54) is 16.7 Å². The zero-order valence-corrected chi connectivity index (χ0v) is 18.8. The lowest BCUT2D eigenvalue weighted by atomic mass is 9.75. The number of carbonyl (C=O) groups is 2. The molecule has 3 aromatic rings. The van der Waals surface area contributed by atoms with Crippen LogP contribution >= 0.6 is 27.5 Å². The first kappa shape index (κ1) is 21.4. The van der Waals surface area contributed by atoms with E-state index < -0.39 is 17.3 Å². The molecule has 7 heteroatoms. The number of phenolic OH excluding ortho intramolecular Hbond substituents is 1. The fraction of sp³-hybridized carbons (Fsp3) is 0.273. The molecule has 29 heavy (non-hydrogen) atoms. The monoisotopic (exact) mass is 477 g/mol. The van der Waals surface area contributed by atoms with Crippen molar-refractivity contribution in [3.05, 3.63) is 62.7 Å². The predicted octanol–water partition coefficient (Wildman–Crippen LogP) is 5.97. The minimum atomic E-state index is -0.995. The summed E-state index contributed by atoms with van der Waals surface area (Å²) >= 11 is 9.48. The number of carboxylic acids is 1. The van der Waals surface area contributed by atoms with E-state index in [9.17, 15) is 19.8 Å². The summed E-state index contributed by atoms with van der Waals surface area (Å²) in [5.74, 6) is -2.34. The molecule has 0 spiro atoms. The van der Waals surface area contributed by atoms with Gasteiger partial charge in [0.1, 0.15) is 5.75 Å². The molecular formula is C22H21BrClNO4. The van der Waals surface area contributed by atoms with Gasteiger partial charge in [0.25, 0.3) is 5.91 Å². The first-order valence-corrected chi connectivity index (χ1v) is 10.2. The van der Waals surface area contributed by atoms with Crippen LogP contribution in [0.1, 0.15) is 48.3 Å². The van der Waals surface area contributed by atoms with Crippen LogP contribution in [0.25, 0.3) is 10.9 Å². The van der Waals surface area contributed by atoms with Crippen LogP contribution in [0.5, 0.6) is 5.75 Å². The van der Waals surface area contributed by atoms with Crippen LogP contribution in [-0.2, 0) is 4.79 Å². The Morgan fingerprint density at radius 3 is 2.24 bits per heavy atom. The van der Waals surface area contributed by atoms with Crippen molar-refractivity contribution in [2.45, 2.75) is 33.6 Å². The SMILES string of the molecule is Cc1c(C(C(=O)O)C(C)(C)C)c2cc(O)c(Cl)cc2n1C(=O)c1ccc(Br)cc1. The normalized spacial score (nSPS) is 12.9. The van der Waals surface area contributed by atoms with Crippen LogP contribution in [0.2, 0.25) is 5.02 Å². The van der Waals surface area contributed by atoms with Crippen molar-refractivity contribution >= 4 is 50.3 Å². The van der Waals surface area contributed by atoms with Crippen molar-refractivity contribution in [2.75, 3.05) is 0 Å². The number of rotatable bonds is 3. The summed E-state index contributed by atoms with van der Waals surface area (Å²) in [6.07, 6.45) is 0. The third-order valence-electron chi connectivity index (χ3n) is 5.02. The quantitative estimate of drug-likeness (QED) is 0.486. The summed E-state index contributed by atoms with van der Waals surface area (Å²) in [6.45, 7) is 7.22. The summed E-state index contributed by atoms with van der Waals surface area (Å²) in [5, 5.41) is 20.7. The van der Waals surface area contributed by atoms with Gasteiger partial charge in [0, 0.05) is 21.1 Å². The van der Waals surface area contributed by atoms with E-state index in [4.69, 9.17) is 11.6 Å². The Balaban J connectivity index is 2.38. The number of hydrogen-bond donors (Lipinski definition) is 2. The highest BCUT2D eigenvalue weighted by Crippen LogP contribution is 2.44. The fourth-order valence-electron chi connectivity index (χ4n) is 3.72. The van der Waals surface area contributed by atoms with Crippen LogP contribution in [0.15, 0.2) is 40.9 Å². The van der Waals surface area contributed by atoms with Gasteiger partial charge in [-0.3, -0.25) is 14.2 Å². The van der Waals surface area contributed by atoms with E-state index in [-0.39, 0.29) is 16.7 Å². The summed E-state index contributed by atoms with van der Waals surface area (Å²) in [4.78, 5) is 25.5. The van der Waals surface area contributed by atoms with Crippen LogP contribution < -0.4 is 0 Å². The molecule has 2 N–H and O–H groups in total. The van der Waals surface area contributed by atoms with Gasteiger partial charge in [-0.25, -0.2) is 0 Å². The number of benzene rings is 2. The number of hydrogen-bond acceptors (Lipinski definition) is 3. The molecule has 1 unspecified atom stereocenters. The molecule has 0 aliphatic rings. The Hall–Kier alpha value is -2.31. The number of nitrogens with zero attached hydrogens (tertiary/aromatic N) is 1. The van der Waals surface area contributed by atoms with Gasteiger partial charge in [-0.1, -0.05) is 48.3 Å². The molecule has 0 amide bonds. The fourth-order valence-corrected chi connectivity index (χ4v) is 4.14. The molecule has 152 valence electrons. The molecular weight excluding hydrogens is 458 g/mol. The van der Waals surface area contributed by atoms with Crippen molar-refractivity contribution < 1.29 is 19.8 Å². The Labute approximate surface area is 182 Å². The molecule has 0 saturated carbocycles. The van der Waals surface area contributed by atoms with Gasteiger partial charge in [0.2, 0.25) is 0 Å². The molecule has 1 heterocycles. The second-order valence-electron chi connectivity index (χ2n) is 8.10. The maximum atomic E-state index is 13.3. The number of fused-ring (bicyclic) bond motifs is 1. The lowest BCUT2D eigenvalue weighted by Gasteiger charge is -2.27. The lowest BCUT2D eigenvalue weighted by molar-refractivity contribution is -0.141. The van der Waals surface area contributed by atoms with Gasteiger partial charge in [-0.2, -0.15) is 0 Å². The van der Waals surface area contributed by atoms with Crippen molar-refractivity contribution in [1.29, 1.82) is 0 Å². The van der Waals surface area contributed by atoms with Crippen LogP contribution in [0, 0.1) is 12.3 Å². The number of halogens is 2. The van der Waals surface area contributed by atoms with Crippen LogP contribution in [0.4, 0.5) is 0 Å². The van der Waals surface area contributed by atoms with Gasteiger partial charge >= 0.3 is 5.97 Å². The van der Waals surface area contributed by atoms with Crippen molar-refractivity contribution in [3.8, 4) is 5.75 Å². The first-order chi connectivity index (χ1) is 13.4. The highest BCUT2D eigenvalue weighted by molar-refractivity contribution is 9.10. The van der Waals surface area contributed by atoms with E-state index in [0.29, 0.717) is 27.7 Å². The Morgan fingerprint density at radius 1 is 1.14 bits per heavy atom. The highest BCUT2D eigenvalue weighted by Gasteiger charge is 2.37. The Kier molecular flexibility index (Phi) is 5.54. The predicted molar refractivity (Wildman–Crippen MR) is 117 cm³/mol. The third kappa shape index (κ3) is 3.79. The zero-order valence-electron chi connectivity index (χ0n) is 16.5. The Bertz CT molecular complexity index is 1130. The minimum absolute atomic E-state index is 0.0917. The molecule has 1 aromatic heterocycles. The Morgan fingerprint density at radius 2 is 1.72 bits per heavy atom. The largest absolute Gasteiger partial charge is 0.506 e. The van der Waals surface area contributed by atoms with E-state index in [0.717, 1.165) is 4.47 Å². The van der Waals surface area contributed by atoms with Gasteiger partial charge in [-0.05, 0) is 54.3 Å². The molecule has 5 nitrogen and oxygen atoms in total. The number of carbonyl (C=O) groups excluding carboxylic acids is 1. The molecule has 0 aliphatic carbocycles. The molecule has 3 rings (SSSR count). The number of aromatic nitrogens is 1. The number of phenols is 1. The van der Waals surface area contributed by atoms with Crippen molar-refractivity contribution in [3.63, 3.8) is 0 Å². The standard InChI is InChI=1S/C22H21BrClNO4/c1-11-18(19(21(28)29)22(2,3)4)14-9-17(26)15(24)10-16(14)25(11)20(27)12-5-7-13(23)8-6-12/h5-10,19,26H,1-4H3,(H,28,29). The second kappa shape index (κ2) is 7.50. The average molecular weight is 479 g/mol. The van der Waals surface area contributed by atoms with Gasteiger partial charge in [-0.15, -0.1) is 0 Å². The first-order valence-electron chi connectivity index (χ1n) is 9.00. The summed E-state index contributed by atoms with van der Waals surface area (Å²) in [6, 6.07) is 9.86. The summed E-state index contributed by atoms with van der Waals surface area (Å²) in [7, 11) is 0. The average Bonchev–Trinajstić information content (AvgIpc) is 2.86. The minimum Gasteiger partial charge on any atom is -0.506 e. The molecule has 2 aromatic carbocycles. The van der Waals surface area contributed by atoms with Gasteiger partial charge in [0.05, 0.1) is 16.5 Å². The maximum Gasteiger partial charge on any atom is 0.311 e. The highest BCUT2D eigenvalue weighted by atomic mass is 79.9. The van der Waals surface area contributed by atoms with Gasteiger partial charge in [0.15, 0.2) is 0 Å². The smallest absolute Gasteiger partial charge is 0.311 e. The van der Waals surface area contributed by atoms with Gasteiger partial charge < -0.3 is 10.2 Å². The number of aliphatic carboxylic acids is 1. The molecule has 0 radical (unpaired) electrons.